The van der Waals surface area contributed by atoms with E-state index in [2.05, 4.69) is 6.07 Å². The highest BCUT2D eigenvalue weighted by molar-refractivity contribution is 6.30. The molecular weight excluding hydrogens is 378 g/mol. The summed E-state index contributed by atoms with van der Waals surface area (Å²) >= 11 is 0. The predicted molar refractivity (Wildman–Crippen MR) is 115 cm³/mol. The van der Waals surface area contributed by atoms with E-state index in [4.69, 9.17) is 4.99 Å². The lowest BCUT2D eigenvalue weighted by molar-refractivity contribution is 0.0953. The number of carbonyl (C=O) groups is 1. The van der Waals surface area contributed by atoms with Crippen LogP contribution in [-0.2, 0) is 14.1 Å². The van der Waals surface area contributed by atoms with Gasteiger partial charge in [-0.3, -0.25) is 18.7 Å². The van der Waals surface area contributed by atoms with E-state index in [1.54, 1.807) is 13.1 Å². The molecule has 2 heterocycles. The van der Waals surface area contributed by atoms with E-state index in [1.165, 1.54) is 11.6 Å². The van der Waals surface area contributed by atoms with Gasteiger partial charge in [-0.2, -0.15) is 0 Å². The third-order valence-corrected chi connectivity index (χ3v) is 6.34. The molecule has 2 unspecified atom stereocenters. The van der Waals surface area contributed by atoms with Gasteiger partial charge >= 0.3 is 5.69 Å². The van der Waals surface area contributed by atoms with Crippen LogP contribution >= 0.6 is 0 Å². The zero-order valence-corrected chi connectivity index (χ0v) is 17.3. The van der Waals surface area contributed by atoms with E-state index in [0.29, 0.717) is 22.7 Å². The van der Waals surface area contributed by atoms with Gasteiger partial charge in [-0.15, -0.1) is 0 Å². The van der Waals surface area contributed by atoms with Gasteiger partial charge in [-0.05, 0) is 25.0 Å². The third kappa shape index (κ3) is 2.30. The van der Waals surface area contributed by atoms with Crippen LogP contribution in [0.15, 0.2) is 57.0 Å². The van der Waals surface area contributed by atoms with Crippen LogP contribution in [0.4, 0.5) is 5.82 Å². The minimum atomic E-state index is -0.582. The van der Waals surface area contributed by atoms with Crippen molar-refractivity contribution in [2.45, 2.75) is 19.8 Å². The number of carbonyl (C=O) groups excluding carboxylic acids is 1. The quantitative estimate of drug-likeness (QED) is 0.632. The Bertz CT molecular complexity index is 1410. The molecule has 0 spiro atoms. The molecule has 6 nitrogen and oxygen atoms in total. The Hall–Kier alpha value is -3.54. The Morgan fingerprint density at radius 1 is 0.867 bits per heavy atom. The van der Waals surface area contributed by atoms with E-state index in [0.717, 1.165) is 26.8 Å². The number of rotatable bonds is 1. The SMILES string of the molecule is Cc1ccc(C2c3c(n(C)c(=O)n(C)c3=O)N=C3c4ccccc4C(=O)C32)c(C)c1. The molecule has 0 N–H and O–H groups in total. The minimum Gasteiger partial charge on any atom is -0.293 e. The molecule has 0 fully saturated rings. The molecule has 5 rings (SSSR count). The average Bonchev–Trinajstić information content (AvgIpc) is 3.02. The fourth-order valence-electron chi connectivity index (χ4n) is 4.88. The van der Waals surface area contributed by atoms with Gasteiger partial charge < -0.3 is 0 Å². The Morgan fingerprint density at radius 2 is 1.57 bits per heavy atom. The van der Waals surface area contributed by atoms with Gasteiger partial charge in [-0.1, -0.05) is 48.0 Å². The lowest BCUT2D eigenvalue weighted by Gasteiger charge is -2.30. The van der Waals surface area contributed by atoms with Gasteiger partial charge in [-0.25, -0.2) is 9.79 Å². The van der Waals surface area contributed by atoms with E-state index in [-0.39, 0.29) is 5.78 Å². The number of aliphatic imine (C=N–C) groups is 1. The summed E-state index contributed by atoms with van der Waals surface area (Å²) in [5.41, 5.74) is 4.63. The van der Waals surface area contributed by atoms with Crippen LogP contribution in [0.1, 0.15) is 44.1 Å². The first-order valence-electron chi connectivity index (χ1n) is 9.90. The molecule has 1 aliphatic heterocycles. The number of hydrogen-bond acceptors (Lipinski definition) is 4. The topological polar surface area (TPSA) is 73.4 Å². The summed E-state index contributed by atoms with van der Waals surface area (Å²) in [6.45, 7) is 4.00. The van der Waals surface area contributed by atoms with Crippen molar-refractivity contribution in [3.05, 3.63) is 96.7 Å². The molecule has 0 saturated heterocycles. The predicted octanol–water partition coefficient (Wildman–Crippen LogP) is 2.78. The van der Waals surface area contributed by atoms with Gasteiger partial charge in [0.1, 0.15) is 5.82 Å². The normalized spacial score (nSPS) is 19.2. The van der Waals surface area contributed by atoms with Gasteiger partial charge in [0.05, 0.1) is 17.2 Å². The van der Waals surface area contributed by atoms with Crippen molar-refractivity contribution in [1.29, 1.82) is 0 Å². The van der Waals surface area contributed by atoms with E-state index < -0.39 is 23.1 Å². The number of benzene rings is 2. The van der Waals surface area contributed by atoms with Gasteiger partial charge in [0.15, 0.2) is 5.78 Å². The lowest BCUT2D eigenvalue weighted by atomic mass is 9.75. The van der Waals surface area contributed by atoms with Crippen LogP contribution in [0.25, 0.3) is 0 Å². The number of aromatic nitrogens is 2. The minimum absolute atomic E-state index is 0.0316. The number of hydrogen-bond donors (Lipinski definition) is 0. The van der Waals surface area contributed by atoms with E-state index in [1.807, 2.05) is 44.2 Å². The fraction of sp³-hybridized carbons (Fsp3) is 0.250. The summed E-state index contributed by atoms with van der Waals surface area (Å²) in [7, 11) is 3.08. The zero-order valence-electron chi connectivity index (χ0n) is 17.3. The molecular formula is C24H21N3O3. The van der Waals surface area contributed by atoms with Gasteiger partial charge in [0, 0.05) is 31.1 Å². The molecule has 3 aromatic rings. The summed E-state index contributed by atoms with van der Waals surface area (Å²) < 4.78 is 2.50. The maximum atomic E-state index is 13.5. The largest absolute Gasteiger partial charge is 0.332 e. The smallest absolute Gasteiger partial charge is 0.293 e. The Kier molecular flexibility index (Phi) is 3.84. The maximum absolute atomic E-state index is 13.5. The highest BCUT2D eigenvalue weighted by Gasteiger charge is 2.48. The number of aryl methyl sites for hydroxylation is 2. The molecule has 2 aromatic carbocycles. The molecule has 0 saturated carbocycles. The van der Waals surface area contributed by atoms with Crippen LogP contribution in [-0.4, -0.2) is 20.6 Å². The highest BCUT2D eigenvalue weighted by atomic mass is 16.2. The summed E-state index contributed by atoms with van der Waals surface area (Å²) in [5.74, 6) is -0.778. The van der Waals surface area contributed by atoms with Crippen LogP contribution in [0, 0.1) is 19.8 Å². The first-order chi connectivity index (χ1) is 14.3. The second kappa shape index (κ2) is 6.23. The average molecular weight is 399 g/mol. The van der Waals surface area contributed by atoms with Crippen LogP contribution in [0.5, 0.6) is 0 Å². The van der Waals surface area contributed by atoms with E-state index >= 15 is 0 Å². The molecule has 2 atom stereocenters. The van der Waals surface area contributed by atoms with Crippen molar-refractivity contribution in [1.82, 2.24) is 9.13 Å². The summed E-state index contributed by atoms with van der Waals surface area (Å²) in [6.07, 6.45) is 0. The van der Waals surface area contributed by atoms with Crippen molar-refractivity contribution in [2.24, 2.45) is 25.0 Å². The number of Topliss-reactive ketones (excluding diaryl/α,β-unsaturated/α-hetero) is 1. The lowest BCUT2D eigenvalue weighted by Crippen LogP contribution is -2.43. The summed E-state index contributed by atoms with van der Waals surface area (Å²) in [6, 6.07) is 13.4. The fourth-order valence-corrected chi connectivity index (χ4v) is 4.88. The van der Waals surface area contributed by atoms with Crippen molar-refractivity contribution >= 4 is 17.3 Å². The molecule has 1 aliphatic carbocycles. The second-order valence-electron chi connectivity index (χ2n) is 8.17. The first kappa shape index (κ1) is 18.5. The third-order valence-electron chi connectivity index (χ3n) is 6.34. The molecule has 30 heavy (non-hydrogen) atoms. The number of fused-ring (bicyclic) bond motifs is 4. The standard InChI is InChI=1S/C24H21N3O3/c1-12-9-10-14(13(2)11-12)17-18-20(15-7-5-6-8-16(15)21(18)28)25-22-19(17)23(29)27(4)24(30)26(22)3/h5-11,17-18H,1-4H3. The van der Waals surface area contributed by atoms with E-state index in [9.17, 15) is 14.4 Å². The first-order valence-corrected chi connectivity index (χ1v) is 9.90. The van der Waals surface area contributed by atoms with Crippen molar-refractivity contribution < 1.29 is 4.79 Å². The van der Waals surface area contributed by atoms with Crippen molar-refractivity contribution in [2.75, 3.05) is 0 Å². The van der Waals surface area contributed by atoms with Crippen LogP contribution in [0.3, 0.4) is 0 Å². The molecule has 6 heteroatoms. The Labute approximate surface area is 173 Å². The van der Waals surface area contributed by atoms with Crippen molar-refractivity contribution in [3.63, 3.8) is 0 Å². The van der Waals surface area contributed by atoms with Crippen LogP contribution < -0.4 is 11.2 Å². The molecule has 0 amide bonds. The molecule has 2 aliphatic rings. The van der Waals surface area contributed by atoms with Crippen molar-refractivity contribution in [3.8, 4) is 0 Å². The molecule has 0 radical (unpaired) electrons. The molecule has 0 bridgehead atoms. The molecule has 1 aromatic heterocycles. The number of nitrogens with zero attached hydrogens (tertiary/aromatic N) is 3. The summed E-state index contributed by atoms with van der Waals surface area (Å²) in [4.78, 5) is 44.1. The second-order valence-corrected chi connectivity index (χ2v) is 8.17. The van der Waals surface area contributed by atoms with Gasteiger partial charge in [0.2, 0.25) is 0 Å². The van der Waals surface area contributed by atoms with Crippen LogP contribution in [0.2, 0.25) is 0 Å². The molecule has 150 valence electrons. The highest BCUT2D eigenvalue weighted by Crippen LogP contribution is 2.47. The van der Waals surface area contributed by atoms with Gasteiger partial charge in [0.25, 0.3) is 5.56 Å². The Morgan fingerprint density at radius 3 is 2.27 bits per heavy atom. The maximum Gasteiger partial charge on any atom is 0.332 e. The Balaban J connectivity index is 1.92. The monoisotopic (exact) mass is 399 g/mol. The summed E-state index contributed by atoms with van der Waals surface area (Å²) in [5, 5.41) is 0. The zero-order chi connectivity index (χ0) is 21.3. The number of ketones is 1.